The summed E-state index contributed by atoms with van der Waals surface area (Å²) < 4.78 is 10.3. The van der Waals surface area contributed by atoms with E-state index < -0.39 is 0 Å². The molecular weight excluding hydrogens is 308 g/mol. The molecule has 2 rings (SSSR count). The van der Waals surface area contributed by atoms with Gasteiger partial charge in [0.25, 0.3) is 11.6 Å². The van der Waals surface area contributed by atoms with Crippen LogP contribution in [-0.4, -0.2) is 24.8 Å². The van der Waals surface area contributed by atoms with E-state index in [9.17, 15) is 9.59 Å². The van der Waals surface area contributed by atoms with Gasteiger partial charge in [-0.15, -0.1) is 0 Å². The predicted molar refractivity (Wildman–Crippen MR) is 94.7 cm³/mol. The smallest absolute Gasteiger partial charge is 0.332 e. The van der Waals surface area contributed by atoms with E-state index in [1.54, 1.807) is 7.05 Å². The van der Waals surface area contributed by atoms with Crippen LogP contribution < -0.4 is 16.0 Å². The van der Waals surface area contributed by atoms with E-state index in [1.807, 2.05) is 25.3 Å². The van der Waals surface area contributed by atoms with Crippen LogP contribution in [0.5, 0.6) is 6.01 Å². The van der Waals surface area contributed by atoms with Crippen molar-refractivity contribution in [3.63, 3.8) is 0 Å². The number of ether oxygens (including phenoxy) is 1. The molecule has 0 aliphatic carbocycles. The Hall–Kier alpha value is -2.05. The molecule has 0 fully saturated rings. The van der Waals surface area contributed by atoms with Crippen molar-refractivity contribution in [2.24, 2.45) is 13.0 Å². The molecule has 2 aromatic heterocycles. The number of rotatable bonds is 7. The third-order valence-corrected chi connectivity index (χ3v) is 3.92. The predicted octanol–water partition coefficient (Wildman–Crippen LogP) is 2.14. The minimum atomic E-state index is -0.334. The second-order valence-electron chi connectivity index (χ2n) is 6.87. The Kier molecular flexibility index (Phi) is 5.51. The van der Waals surface area contributed by atoms with Crippen molar-refractivity contribution in [2.45, 2.75) is 66.7 Å². The van der Waals surface area contributed by atoms with Gasteiger partial charge in [0, 0.05) is 20.1 Å². The third-order valence-electron chi connectivity index (χ3n) is 3.92. The summed E-state index contributed by atoms with van der Waals surface area (Å²) in [6.07, 6.45) is 1.56. The SMILES string of the molecule is CCCn1c(=O)c2c(nc(OC(C)C)n2CCC(C)C)n(C)c1=O. The van der Waals surface area contributed by atoms with Crippen LogP contribution in [0.4, 0.5) is 0 Å². The molecule has 7 nitrogen and oxygen atoms in total. The highest BCUT2D eigenvalue weighted by Crippen LogP contribution is 2.20. The Bertz CT molecular complexity index is 827. The highest BCUT2D eigenvalue weighted by atomic mass is 16.5. The van der Waals surface area contributed by atoms with Crippen LogP contribution >= 0.6 is 0 Å². The minimum absolute atomic E-state index is 0.0606. The summed E-state index contributed by atoms with van der Waals surface area (Å²) in [7, 11) is 1.65. The molecule has 0 aliphatic rings. The molecular formula is C17H28N4O3. The van der Waals surface area contributed by atoms with Gasteiger partial charge in [0.15, 0.2) is 11.2 Å². The number of nitrogens with zero attached hydrogens (tertiary/aromatic N) is 4. The number of hydrogen-bond acceptors (Lipinski definition) is 4. The molecule has 0 N–H and O–H groups in total. The lowest BCUT2D eigenvalue weighted by Crippen LogP contribution is -2.39. The van der Waals surface area contributed by atoms with Crippen LogP contribution in [0.1, 0.15) is 47.5 Å². The fourth-order valence-corrected chi connectivity index (χ4v) is 2.67. The second kappa shape index (κ2) is 7.23. The number of imidazole rings is 1. The molecule has 0 saturated heterocycles. The Balaban J connectivity index is 2.77. The van der Waals surface area contributed by atoms with Gasteiger partial charge in [-0.25, -0.2) is 4.79 Å². The largest absolute Gasteiger partial charge is 0.462 e. The summed E-state index contributed by atoms with van der Waals surface area (Å²) >= 11 is 0. The highest BCUT2D eigenvalue weighted by Gasteiger charge is 2.21. The van der Waals surface area contributed by atoms with Crippen molar-refractivity contribution in [1.82, 2.24) is 18.7 Å². The fraction of sp³-hybridized carbons (Fsp3) is 0.706. The number of aryl methyl sites for hydroxylation is 2. The number of aromatic nitrogens is 4. The summed E-state index contributed by atoms with van der Waals surface area (Å²) in [5.41, 5.74) is 0.211. The van der Waals surface area contributed by atoms with E-state index in [0.29, 0.717) is 36.2 Å². The van der Waals surface area contributed by atoms with Gasteiger partial charge in [-0.05, 0) is 32.6 Å². The van der Waals surface area contributed by atoms with Crippen LogP contribution in [0.25, 0.3) is 11.2 Å². The minimum Gasteiger partial charge on any atom is -0.462 e. The van der Waals surface area contributed by atoms with Crippen LogP contribution in [0.2, 0.25) is 0 Å². The Morgan fingerprint density at radius 1 is 1.08 bits per heavy atom. The first kappa shape index (κ1) is 18.3. The second-order valence-corrected chi connectivity index (χ2v) is 6.87. The summed E-state index contributed by atoms with van der Waals surface area (Å²) in [6, 6.07) is 0.405. The molecule has 7 heteroatoms. The van der Waals surface area contributed by atoms with E-state index in [4.69, 9.17) is 4.74 Å². The maximum absolute atomic E-state index is 12.9. The summed E-state index contributed by atoms with van der Waals surface area (Å²) in [5.74, 6) is 0.486. The molecule has 24 heavy (non-hydrogen) atoms. The fourth-order valence-electron chi connectivity index (χ4n) is 2.67. The molecule has 0 saturated carbocycles. The molecule has 134 valence electrons. The Morgan fingerprint density at radius 3 is 2.29 bits per heavy atom. The molecule has 2 aromatic rings. The van der Waals surface area contributed by atoms with Gasteiger partial charge in [0.05, 0.1) is 6.10 Å². The lowest BCUT2D eigenvalue weighted by Gasteiger charge is -2.13. The molecule has 0 aliphatic heterocycles. The van der Waals surface area contributed by atoms with Gasteiger partial charge in [0.2, 0.25) is 0 Å². The maximum atomic E-state index is 12.9. The molecule has 0 radical (unpaired) electrons. The van der Waals surface area contributed by atoms with Crippen molar-refractivity contribution >= 4 is 11.2 Å². The normalized spacial score (nSPS) is 11.8. The zero-order chi connectivity index (χ0) is 18.0. The molecule has 0 aromatic carbocycles. The van der Waals surface area contributed by atoms with Crippen molar-refractivity contribution in [3.8, 4) is 6.01 Å². The topological polar surface area (TPSA) is 71.1 Å². The first-order valence-corrected chi connectivity index (χ1v) is 8.64. The van der Waals surface area contributed by atoms with Crippen molar-refractivity contribution in [1.29, 1.82) is 0 Å². The van der Waals surface area contributed by atoms with Gasteiger partial charge < -0.3 is 4.74 Å². The first-order chi connectivity index (χ1) is 11.3. The lowest BCUT2D eigenvalue weighted by molar-refractivity contribution is 0.211. The summed E-state index contributed by atoms with van der Waals surface area (Å²) in [4.78, 5) is 29.8. The molecule has 0 amide bonds. The maximum Gasteiger partial charge on any atom is 0.332 e. The lowest BCUT2D eigenvalue weighted by atomic mass is 10.1. The van der Waals surface area contributed by atoms with E-state index in [2.05, 4.69) is 18.8 Å². The van der Waals surface area contributed by atoms with Crippen molar-refractivity contribution in [3.05, 3.63) is 20.8 Å². The molecule has 0 unspecified atom stereocenters. The van der Waals surface area contributed by atoms with Crippen LogP contribution in [0.3, 0.4) is 0 Å². The molecule has 2 heterocycles. The number of fused-ring (bicyclic) bond motifs is 1. The summed E-state index contributed by atoms with van der Waals surface area (Å²) in [6.45, 7) is 11.1. The van der Waals surface area contributed by atoms with Gasteiger partial charge in [-0.1, -0.05) is 20.8 Å². The number of hydrogen-bond donors (Lipinski definition) is 0. The van der Waals surface area contributed by atoms with Crippen molar-refractivity contribution in [2.75, 3.05) is 0 Å². The standard InChI is InChI=1S/C17H28N4O3/c1-7-9-21-15(22)13-14(19(6)17(21)23)18-16(24-12(4)5)20(13)10-8-11(2)3/h11-12H,7-10H2,1-6H3. The van der Waals surface area contributed by atoms with Gasteiger partial charge >= 0.3 is 5.69 Å². The monoisotopic (exact) mass is 336 g/mol. The third kappa shape index (κ3) is 3.39. The van der Waals surface area contributed by atoms with Crippen LogP contribution in [-0.2, 0) is 20.1 Å². The summed E-state index contributed by atoms with van der Waals surface area (Å²) in [5, 5.41) is 0. The Labute approximate surface area is 141 Å². The highest BCUT2D eigenvalue weighted by molar-refractivity contribution is 5.71. The van der Waals surface area contributed by atoms with Crippen molar-refractivity contribution < 1.29 is 4.74 Å². The molecule has 0 spiro atoms. The zero-order valence-corrected chi connectivity index (χ0v) is 15.5. The van der Waals surface area contributed by atoms with Crippen LogP contribution in [0.15, 0.2) is 9.59 Å². The van der Waals surface area contributed by atoms with E-state index in [1.165, 1.54) is 9.13 Å². The van der Waals surface area contributed by atoms with E-state index in [0.717, 1.165) is 12.8 Å². The Morgan fingerprint density at radius 2 is 1.75 bits per heavy atom. The average Bonchev–Trinajstić information content (AvgIpc) is 2.85. The quantitative estimate of drug-likeness (QED) is 0.777. The van der Waals surface area contributed by atoms with Crippen LogP contribution in [0, 0.1) is 5.92 Å². The molecule has 0 atom stereocenters. The van der Waals surface area contributed by atoms with Gasteiger partial charge in [-0.3, -0.25) is 18.5 Å². The van der Waals surface area contributed by atoms with Gasteiger partial charge in [-0.2, -0.15) is 4.98 Å². The average molecular weight is 336 g/mol. The first-order valence-electron chi connectivity index (χ1n) is 8.64. The van der Waals surface area contributed by atoms with E-state index >= 15 is 0 Å². The van der Waals surface area contributed by atoms with Gasteiger partial charge in [0.1, 0.15) is 0 Å². The van der Waals surface area contributed by atoms with E-state index in [-0.39, 0.29) is 17.4 Å². The molecule has 0 bridgehead atoms. The zero-order valence-electron chi connectivity index (χ0n) is 15.5.